The minimum atomic E-state index is -1.18. The van der Waals surface area contributed by atoms with Crippen LogP contribution in [0.15, 0.2) is 12.1 Å². The average molecular weight is 270 g/mol. The first-order chi connectivity index (χ1) is 9.02. The summed E-state index contributed by atoms with van der Waals surface area (Å²) in [4.78, 5) is 22.2. The molecule has 7 heteroatoms. The molecule has 0 saturated carbocycles. The molecule has 1 aromatic carbocycles. The Balaban J connectivity index is 2.34. The molecular formula is C12H12F2N2O3. The van der Waals surface area contributed by atoms with Crippen molar-refractivity contribution >= 4 is 17.7 Å². The number of nitro benzene ring substituents is 1. The highest BCUT2D eigenvalue weighted by Crippen LogP contribution is 2.34. The second kappa shape index (κ2) is 5.29. The van der Waals surface area contributed by atoms with Crippen molar-refractivity contribution < 1.29 is 18.5 Å². The largest absolute Gasteiger partial charge is 0.366 e. The van der Waals surface area contributed by atoms with E-state index in [0.29, 0.717) is 32.0 Å². The van der Waals surface area contributed by atoms with Crippen LogP contribution in [-0.2, 0) is 4.79 Å². The Kier molecular flexibility index (Phi) is 3.73. The molecule has 1 heterocycles. The molecule has 0 unspecified atom stereocenters. The van der Waals surface area contributed by atoms with Crippen LogP contribution in [0.1, 0.15) is 12.8 Å². The van der Waals surface area contributed by atoms with Crippen LogP contribution in [0.25, 0.3) is 0 Å². The third-order valence-corrected chi connectivity index (χ3v) is 3.26. The van der Waals surface area contributed by atoms with Gasteiger partial charge in [-0.3, -0.25) is 10.1 Å². The Morgan fingerprint density at radius 1 is 1.32 bits per heavy atom. The van der Waals surface area contributed by atoms with E-state index in [9.17, 15) is 23.7 Å². The zero-order valence-corrected chi connectivity index (χ0v) is 10.0. The summed E-state index contributed by atoms with van der Waals surface area (Å²) in [6.07, 6.45) is 1.90. The van der Waals surface area contributed by atoms with Gasteiger partial charge >= 0.3 is 5.69 Å². The topological polar surface area (TPSA) is 63.5 Å². The van der Waals surface area contributed by atoms with E-state index in [2.05, 4.69) is 0 Å². The smallest absolute Gasteiger partial charge is 0.328 e. The number of aldehydes is 1. The standard InChI is InChI=1S/C12H12F2N2O3/c13-9-5-10(14)12(16(18)19)11(6-9)15-3-1-8(7-17)2-4-15/h5-8H,1-4H2. The van der Waals surface area contributed by atoms with E-state index in [1.807, 2.05) is 0 Å². The van der Waals surface area contributed by atoms with Crippen LogP contribution in [0.2, 0.25) is 0 Å². The average Bonchev–Trinajstić information content (AvgIpc) is 2.37. The molecule has 1 aromatic rings. The van der Waals surface area contributed by atoms with Crippen molar-refractivity contribution in [3.8, 4) is 0 Å². The molecule has 0 amide bonds. The molecule has 5 nitrogen and oxygen atoms in total. The molecule has 1 fully saturated rings. The lowest BCUT2D eigenvalue weighted by Gasteiger charge is -2.31. The van der Waals surface area contributed by atoms with E-state index in [1.165, 1.54) is 0 Å². The third-order valence-electron chi connectivity index (χ3n) is 3.26. The Labute approximate surface area is 108 Å². The number of rotatable bonds is 3. The molecule has 19 heavy (non-hydrogen) atoms. The van der Waals surface area contributed by atoms with Crippen molar-refractivity contribution in [3.05, 3.63) is 33.9 Å². The maximum Gasteiger partial charge on any atom is 0.328 e. The first-order valence-corrected chi connectivity index (χ1v) is 5.86. The van der Waals surface area contributed by atoms with Crippen molar-refractivity contribution in [2.75, 3.05) is 18.0 Å². The molecule has 1 aliphatic rings. The van der Waals surface area contributed by atoms with Crippen molar-refractivity contribution in [1.82, 2.24) is 0 Å². The molecule has 0 aromatic heterocycles. The lowest BCUT2D eigenvalue weighted by atomic mass is 9.98. The van der Waals surface area contributed by atoms with Crippen molar-refractivity contribution in [2.45, 2.75) is 12.8 Å². The van der Waals surface area contributed by atoms with Gasteiger partial charge in [-0.15, -0.1) is 0 Å². The summed E-state index contributed by atoms with van der Waals surface area (Å²) >= 11 is 0. The van der Waals surface area contributed by atoms with Gasteiger partial charge in [0.05, 0.1) is 4.92 Å². The van der Waals surface area contributed by atoms with Crippen LogP contribution in [0.5, 0.6) is 0 Å². The van der Waals surface area contributed by atoms with Gasteiger partial charge in [-0.05, 0) is 12.8 Å². The molecule has 0 radical (unpaired) electrons. The summed E-state index contributed by atoms with van der Waals surface area (Å²) < 4.78 is 26.7. The highest BCUT2D eigenvalue weighted by molar-refractivity contribution is 5.65. The van der Waals surface area contributed by atoms with Crippen molar-refractivity contribution in [1.29, 1.82) is 0 Å². The lowest BCUT2D eigenvalue weighted by Crippen LogP contribution is -2.34. The highest BCUT2D eigenvalue weighted by atomic mass is 19.1. The van der Waals surface area contributed by atoms with Gasteiger partial charge in [-0.25, -0.2) is 4.39 Å². The van der Waals surface area contributed by atoms with Gasteiger partial charge in [0.25, 0.3) is 0 Å². The minimum Gasteiger partial charge on any atom is -0.366 e. The number of carbonyl (C=O) groups excluding carboxylic acids is 1. The van der Waals surface area contributed by atoms with Crippen molar-refractivity contribution in [3.63, 3.8) is 0 Å². The normalized spacial score (nSPS) is 16.4. The van der Waals surface area contributed by atoms with Crippen LogP contribution in [0, 0.1) is 27.7 Å². The SMILES string of the molecule is O=CC1CCN(c2cc(F)cc(F)c2[N+](=O)[O-])CC1. The Hall–Kier alpha value is -2.05. The van der Waals surface area contributed by atoms with Gasteiger partial charge in [-0.1, -0.05) is 0 Å². The van der Waals surface area contributed by atoms with Gasteiger partial charge in [0.1, 0.15) is 17.8 Å². The van der Waals surface area contributed by atoms with E-state index in [1.54, 1.807) is 4.90 Å². The van der Waals surface area contributed by atoms with Gasteiger partial charge < -0.3 is 9.69 Å². The molecular weight excluding hydrogens is 258 g/mol. The molecule has 0 N–H and O–H groups in total. The van der Waals surface area contributed by atoms with Gasteiger partial charge in [0, 0.05) is 31.1 Å². The number of halogens is 2. The predicted octanol–water partition coefficient (Wildman–Crippen LogP) is 2.29. The van der Waals surface area contributed by atoms with E-state index >= 15 is 0 Å². The van der Waals surface area contributed by atoms with E-state index in [-0.39, 0.29) is 11.6 Å². The Morgan fingerprint density at radius 2 is 1.95 bits per heavy atom. The quantitative estimate of drug-likeness (QED) is 0.480. The molecule has 0 atom stereocenters. The molecule has 2 rings (SSSR count). The first-order valence-electron chi connectivity index (χ1n) is 5.86. The van der Waals surface area contributed by atoms with E-state index < -0.39 is 22.2 Å². The van der Waals surface area contributed by atoms with Gasteiger partial charge in [0.15, 0.2) is 0 Å². The second-order valence-corrected chi connectivity index (χ2v) is 4.47. The monoisotopic (exact) mass is 270 g/mol. The summed E-state index contributed by atoms with van der Waals surface area (Å²) in [5.41, 5.74) is -0.780. The summed E-state index contributed by atoms with van der Waals surface area (Å²) in [7, 11) is 0. The van der Waals surface area contributed by atoms with Crippen LogP contribution >= 0.6 is 0 Å². The maximum atomic E-state index is 13.5. The number of hydrogen-bond donors (Lipinski definition) is 0. The lowest BCUT2D eigenvalue weighted by molar-refractivity contribution is -0.386. The fourth-order valence-corrected chi connectivity index (χ4v) is 2.25. The zero-order valence-electron chi connectivity index (χ0n) is 10.0. The van der Waals surface area contributed by atoms with Crippen molar-refractivity contribution in [2.24, 2.45) is 5.92 Å². The maximum absolute atomic E-state index is 13.5. The summed E-state index contributed by atoms with van der Waals surface area (Å²) in [5, 5.41) is 10.9. The van der Waals surface area contributed by atoms with Crippen LogP contribution < -0.4 is 4.90 Å². The summed E-state index contributed by atoms with van der Waals surface area (Å²) in [5.74, 6) is -2.12. The van der Waals surface area contributed by atoms with Crippen LogP contribution in [0.3, 0.4) is 0 Å². The Morgan fingerprint density at radius 3 is 2.47 bits per heavy atom. The summed E-state index contributed by atoms with van der Waals surface area (Å²) in [6, 6.07) is 1.46. The van der Waals surface area contributed by atoms with Crippen LogP contribution in [0.4, 0.5) is 20.2 Å². The molecule has 0 spiro atoms. The predicted molar refractivity (Wildman–Crippen MR) is 64.0 cm³/mol. The summed E-state index contributed by atoms with van der Waals surface area (Å²) in [6.45, 7) is 0.736. The molecule has 1 saturated heterocycles. The van der Waals surface area contributed by atoms with Gasteiger partial charge in [-0.2, -0.15) is 4.39 Å². The molecule has 0 aliphatic carbocycles. The number of piperidine rings is 1. The number of nitro groups is 1. The molecule has 1 aliphatic heterocycles. The zero-order chi connectivity index (χ0) is 14.0. The molecule has 0 bridgehead atoms. The molecule has 102 valence electrons. The number of nitrogens with zero attached hydrogens (tertiary/aromatic N) is 2. The van der Waals surface area contributed by atoms with E-state index in [4.69, 9.17) is 0 Å². The highest BCUT2D eigenvalue weighted by Gasteiger charge is 2.28. The number of anilines is 1. The van der Waals surface area contributed by atoms with E-state index in [0.717, 1.165) is 12.4 Å². The fraction of sp³-hybridized carbons (Fsp3) is 0.417. The Bertz CT molecular complexity index is 514. The number of carbonyl (C=O) groups is 1. The van der Waals surface area contributed by atoms with Gasteiger partial charge in [0.2, 0.25) is 5.82 Å². The number of benzene rings is 1. The second-order valence-electron chi connectivity index (χ2n) is 4.47. The minimum absolute atomic E-state index is 0.0631. The van der Waals surface area contributed by atoms with Crippen LogP contribution in [-0.4, -0.2) is 24.3 Å². The number of hydrogen-bond acceptors (Lipinski definition) is 4. The third kappa shape index (κ3) is 2.69. The first kappa shape index (κ1) is 13.4. The fourth-order valence-electron chi connectivity index (χ4n) is 2.25.